The van der Waals surface area contributed by atoms with Crippen molar-refractivity contribution < 1.29 is 4.74 Å². The second-order valence-electron chi connectivity index (χ2n) is 4.49. The molecule has 0 saturated carbocycles. The Balaban J connectivity index is 2.56. The molecule has 0 aromatic rings. The molecule has 0 aliphatic carbocycles. The minimum atomic E-state index is 0.0733. The van der Waals surface area contributed by atoms with Crippen molar-refractivity contribution in [2.45, 2.75) is 32.7 Å². The second kappa shape index (κ2) is 6.55. The fourth-order valence-corrected chi connectivity index (χ4v) is 2.34. The van der Waals surface area contributed by atoms with Gasteiger partial charge in [-0.25, -0.2) is 0 Å². The van der Waals surface area contributed by atoms with E-state index in [4.69, 9.17) is 4.74 Å². The molecule has 1 rings (SSSR count). The SMILES string of the molecule is CCO/C=C/C(C)[C@H](C#N)[C@@H]1CCCN1C. The summed E-state index contributed by atoms with van der Waals surface area (Å²) in [5.74, 6) is 0.325. The molecule has 0 N–H and O–H groups in total. The molecular weight excluding hydrogens is 200 g/mol. The van der Waals surface area contributed by atoms with E-state index in [0.717, 1.165) is 13.0 Å². The first-order valence-corrected chi connectivity index (χ1v) is 6.08. The molecule has 0 spiro atoms. The molecule has 1 heterocycles. The van der Waals surface area contributed by atoms with Gasteiger partial charge in [0.15, 0.2) is 0 Å². The zero-order valence-corrected chi connectivity index (χ0v) is 10.5. The lowest BCUT2D eigenvalue weighted by Crippen LogP contribution is -2.34. The van der Waals surface area contributed by atoms with Crippen LogP contribution in [0.5, 0.6) is 0 Å². The Kier molecular flexibility index (Phi) is 5.34. The predicted molar refractivity (Wildman–Crippen MR) is 64.7 cm³/mol. The first kappa shape index (κ1) is 13.1. The lowest BCUT2D eigenvalue weighted by atomic mass is 9.87. The molecule has 3 atom stereocenters. The third-order valence-corrected chi connectivity index (χ3v) is 3.35. The summed E-state index contributed by atoms with van der Waals surface area (Å²) in [6.07, 6.45) is 6.08. The van der Waals surface area contributed by atoms with Crippen LogP contribution in [0.1, 0.15) is 26.7 Å². The highest BCUT2D eigenvalue weighted by Gasteiger charge is 2.31. The molecule has 16 heavy (non-hydrogen) atoms. The van der Waals surface area contributed by atoms with Gasteiger partial charge in [-0.3, -0.25) is 0 Å². The number of rotatable bonds is 5. The molecule has 1 aliphatic rings. The third-order valence-electron chi connectivity index (χ3n) is 3.35. The molecule has 0 aromatic heterocycles. The molecule has 3 nitrogen and oxygen atoms in total. The first-order valence-electron chi connectivity index (χ1n) is 6.08. The van der Waals surface area contributed by atoms with Crippen LogP contribution in [0.15, 0.2) is 12.3 Å². The maximum Gasteiger partial charge on any atom is 0.0845 e. The zero-order valence-electron chi connectivity index (χ0n) is 10.5. The smallest absolute Gasteiger partial charge is 0.0845 e. The summed E-state index contributed by atoms with van der Waals surface area (Å²) in [5.41, 5.74) is 0. The van der Waals surface area contributed by atoms with E-state index in [2.05, 4.69) is 24.9 Å². The highest BCUT2D eigenvalue weighted by atomic mass is 16.5. The Morgan fingerprint density at radius 3 is 2.88 bits per heavy atom. The summed E-state index contributed by atoms with van der Waals surface area (Å²) < 4.78 is 5.18. The van der Waals surface area contributed by atoms with Crippen molar-refractivity contribution >= 4 is 0 Å². The number of nitrogens with zero attached hydrogens (tertiary/aromatic N) is 2. The maximum absolute atomic E-state index is 9.28. The first-order chi connectivity index (χ1) is 7.70. The summed E-state index contributed by atoms with van der Waals surface area (Å²) in [5, 5.41) is 9.28. The normalized spacial score (nSPS) is 25.5. The molecular formula is C13H22N2O. The topological polar surface area (TPSA) is 36.3 Å². The van der Waals surface area contributed by atoms with E-state index in [1.54, 1.807) is 6.26 Å². The lowest BCUT2D eigenvalue weighted by molar-refractivity contribution is 0.228. The van der Waals surface area contributed by atoms with Gasteiger partial charge in [0.25, 0.3) is 0 Å². The number of likely N-dealkylation sites (tertiary alicyclic amines) is 1. The Hall–Kier alpha value is -1.01. The van der Waals surface area contributed by atoms with E-state index in [-0.39, 0.29) is 11.8 Å². The van der Waals surface area contributed by atoms with Gasteiger partial charge in [0.1, 0.15) is 0 Å². The molecule has 1 saturated heterocycles. The summed E-state index contributed by atoms with van der Waals surface area (Å²) in [7, 11) is 2.11. The second-order valence-corrected chi connectivity index (χ2v) is 4.49. The van der Waals surface area contributed by atoms with Gasteiger partial charge < -0.3 is 9.64 Å². The van der Waals surface area contributed by atoms with Crippen LogP contribution in [0.3, 0.4) is 0 Å². The van der Waals surface area contributed by atoms with Gasteiger partial charge in [-0.05, 0) is 45.4 Å². The number of hydrogen-bond donors (Lipinski definition) is 0. The van der Waals surface area contributed by atoms with Crippen LogP contribution in [-0.2, 0) is 4.74 Å². The van der Waals surface area contributed by atoms with Crippen molar-refractivity contribution in [3.8, 4) is 6.07 Å². The average Bonchev–Trinajstić information content (AvgIpc) is 2.67. The van der Waals surface area contributed by atoms with Gasteiger partial charge in [-0.1, -0.05) is 6.92 Å². The Morgan fingerprint density at radius 1 is 1.62 bits per heavy atom. The van der Waals surface area contributed by atoms with Crippen molar-refractivity contribution in [2.24, 2.45) is 11.8 Å². The van der Waals surface area contributed by atoms with Crippen LogP contribution in [0.2, 0.25) is 0 Å². The van der Waals surface area contributed by atoms with Gasteiger partial charge in [-0.15, -0.1) is 0 Å². The van der Waals surface area contributed by atoms with E-state index in [9.17, 15) is 5.26 Å². The summed E-state index contributed by atoms with van der Waals surface area (Å²) in [6, 6.07) is 2.86. The summed E-state index contributed by atoms with van der Waals surface area (Å²) in [4.78, 5) is 2.30. The van der Waals surface area contributed by atoms with Crippen molar-refractivity contribution in [2.75, 3.05) is 20.2 Å². The minimum Gasteiger partial charge on any atom is -0.502 e. The Morgan fingerprint density at radius 2 is 2.38 bits per heavy atom. The van der Waals surface area contributed by atoms with Crippen LogP contribution in [-0.4, -0.2) is 31.1 Å². The fourth-order valence-electron chi connectivity index (χ4n) is 2.34. The number of ether oxygens (including phenoxy) is 1. The minimum absolute atomic E-state index is 0.0733. The van der Waals surface area contributed by atoms with Gasteiger partial charge in [-0.2, -0.15) is 5.26 Å². The third kappa shape index (κ3) is 3.24. The highest BCUT2D eigenvalue weighted by Crippen LogP contribution is 2.27. The monoisotopic (exact) mass is 222 g/mol. The van der Waals surface area contributed by atoms with Crippen LogP contribution in [0.25, 0.3) is 0 Å². The van der Waals surface area contributed by atoms with Crippen LogP contribution < -0.4 is 0 Å². The number of nitriles is 1. The number of allylic oxidation sites excluding steroid dienone is 1. The Bertz CT molecular complexity index is 270. The van der Waals surface area contributed by atoms with Crippen molar-refractivity contribution in [3.63, 3.8) is 0 Å². The lowest BCUT2D eigenvalue weighted by Gasteiger charge is -2.26. The van der Waals surface area contributed by atoms with Gasteiger partial charge >= 0.3 is 0 Å². The van der Waals surface area contributed by atoms with Gasteiger partial charge in [0, 0.05) is 6.04 Å². The molecule has 1 unspecified atom stereocenters. The summed E-state index contributed by atoms with van der Waals surface area (Å²) in [6.45, 7) is 5.85. The molecule has 0 aromatic carbocycles. The van der Waals surface area contributed by atoms with E-state index in [1.165, 1.54) is 6.42 Å². The summed E-state index contributed by atoms with van der Waals surface area (Å²) >= 11 is 0. The zero-order chi connectivity index (χ0) is 12.0. The molecule has 3 heteroatoms. The Labute approximate surface area is 98.7 Å². The molecule has 0 amide bonds. The fraction of sp³-hybridized carbons (Fsp3) is 0.769. The van der Waals surface area contributed by atoms with E-state index in [0.29, 0.717) is 12.6 Å². The predicted octanol–water partition coefficient (Wildman–Crippen LogP) is 2.41. The van der Waals surface area contributed by atoms with E-state index in [1.807, 2.05) is 13.0 Å². The van der Waals surface area contributed by atoms with Gasteiger partial charge in [0.2, 0.25) is 0 Å². The molecule has 90 valence electrons. The molecule has 1 fully saturated rings. The maximum atomic E-state index is 9.28. The molecule has 1 aliphatic heterocycles. The van der Waals surface area contributed by atoms with Gasteiger partial charge in [0.05, 0.1) is 24.9 Å². The van der Waals surface area contributed by atoms with E-state index >= 15 is 0 Å². The van der Waals surface area contributed by atoms with Crippen LogP contribution >= 0.6 is 0 Å². The van der Waals surface area contributed by atoms with Crippen LogP contribution in [0, 0.1) is 23.2 Å². The highest BCUT2D eigenvalue weighted by molar-refractivity contribution is 5.02. The standard InChI is InChI=1S/C13H22N2O/c1-4-16-9-7-11(2)12(10-14)13-6-5-8-15(13)3/h7,9,11-13H,4-6,8H2,1-3H3/b9-7+/t11?,12-,13-/m0/s1. The van der Waals surface area contributed by atoms with Crippen molar-refractivity contribution in [1.29, 1.82) is 5.26 Å². The molecule has 0 radical (unpaired) electrons. The largest absolute Gasteiger partial charge is 0.502 e. The van der Waals surface area contributed by atoms with Crippen molar-refractivity contribution in [1.82, 2.24) is 4.90 Å². The van der Waals surface area contributed by atoms with Crippen molar-refractivity contribution in [3.05, 3.63) is 12.3 Å². The quantitative estimate of drug-likeness (QED) is 0.670. The van der Waals surface area contributed by atoms with Crippen LogP contribution in [0.4, 0.5) is 0 Å². The van der Waals surface area contributed by atoms with E-state index < -0.39 is 0 Å². The number of hydrogen-bond acceptors (Lipinski definition) is 3. The molecule has 0 bridgehead atoms. The average molecular weight is 222 g/mol.